The molecule has 1 rings (SSSR count). The third-order valence-corrected chi connectivity index (χ3v) is 2.32. The minimum Gasteiger partial charge on any atom is -0.461 e. The number of nitrogens with zero attached hydrogens (tertiary/aromatic N) is 2. The Morgan fingerprint density at radius 3 is 2.79 bits per heavy atom. The molecule has 0 atom stereocenters. The molecule has 100 valence electrons. The first kappa shape index (κ1) is 14.6. The first-order valence-corrected chi connectivity index (χ1v) is 5.64. The van der Waals surface area contributed by atoms with Gasteiger partial charge < -0.3 is 10.1 Å². The van der Waals surface area contributed by atoms with Gasteiger partial charge in [-0.1, -0.05) is 20.8 Å². The van der Waals surface area contributed by atoms with Crippen molar-refractivity contribution in [3.63, 3.8) is 0 Å². The number of pyridine rings is 1. The van der Waals surface area contributed by atoms with E-state index in [9.17, 15) is 9.59 Å². The van der Waals surface area contributed by atoms with Crippen molar-refractivity contribution in [2.75, 3.05) is 5.32 Å². The van der Waals surface area contributed by atoms with Gasteiger partial charge in [0.2, 0.25) is 5.91 Å². The van der Waals surface area contributed by atoms with Gasteiger partial charge in [-0.15, -0.1) is 0 Å². The Bertz CT molecular complexity index is 527. The summed E-state index contributed by atoms with van der Waals surface area (Å²) in [5, 5.41) is 11.5. The summed E-state index contributed by atoms with van der Waals surface area (Å²) in [4.78, 5) is 26.1. The third kappa shape index (κ3) is 4.07. The average Bonchev–Trinajstić information content (AvgIpc) is 2.36. The number of nitrogens with one attached hydrogen (secondary N) is 1. The topological polar surface area (TPSA) is 92.1 Å². The molecule has 0 spiro atoms. The number of rotatable bonds is 4. The van der Waals surface area contributed by atoms with Gasteiger partial charge in [-0.3, -0.25) is 14.6 Å². The van der Waals surface area contributed by atoms with Crippen LogP contribution in [0.25, 0.3) is 0 Å². The van der Waals surface area contributed by atoms with Crippen molar-refractivity contribution in [2.45, 2.75) is 27.4 Å². The van der Waals surface area contributed by atoms with Crippen LogP contribution in [0, 0.1) is 16.7 Å². The van der Waals surface area contributed by atoms with Crippen molar-refractivity contribution >= 4 is 18.1 Å². The van der Waals surface area contributed by atoms with Gasteiger partial charge in [0.15, 0.2) is 0 Å². The molecule has 1 aromatic rings. The predicted molar refractivity (Wildman–Crippen MR) is 67.9 cm³/mol. The van der Waals surface area contributed by atoms with Crippen molar-refractivity contribution in [2.24, 2.45) is 5.41 Å². The molecular weight excluding hydrogens is 246 g/mol. The number of ether oxygens (including phenoxy) is 1. The van der Waals surface area contributed by atoms with Crippen LogP contribution in [-0.4, -0.2) is 17.4 Å². The summed E-state index contributed by atoms with van der Waals surface area (Å²) in [6.07, 6.45) is 1.36. The summed E-state index contributed by atoms with van der Waals surface area (Å²) in [5.41, 5.74) is 0.509. The molecule has 6 heteroatoms. The van der Waals surface area contributed by atoms with Crippen molar-refractivity contribution < 1.29 is 14.3 Å². The smallest absolute Gasteiger partial charge is 0.293 e. The fourth-order valence-electron chi connectivity index (χ4n) is 1.20. The van der Waals surface area contributed by atoms with E-state index in [1.807, 2.05) is 6.07 Å². The minimum absolute atomic E-state index is 0.0606. The lowest BCUT2D eigenvalue weighted by Gasteiger charge is -2.19. The van der Waals surface area contributed by atoms with Crippen LogP contribution in [-0.2, 0) is 20.9 Å². The van der Waals surface area contributed by atoms with E-state index in [1.165, 1.54) is 12.3 Å². The minimum atomic E-state index is -0.578. The summed E-state index contributed by atoms with van der Waals surface area (Å²) in [7, 11) is 0. The van der Waals surface area contributed by atoms with E-state index >= 15 is 0 Å². The lowest BCUT2D eigenvalue weighted by molar-refractivity contribution is -0.129. The van der Waals surface area contributed by atoms with Gasteiger partial charge in [0.1, 0.15) is 18.4 Å². The molecule has 0 aliphatic rings. The molecule has 0 bridgehead atoms. The molecule has 0 saturated heterocycles. The number of amides is 1. The normalized spacial score (nSPS) is 10.4. The van der Waals surface area contributed by atoms with Gasteiger partial charge in [-0.2, -0.15) is 5.26 Å². The summed E-state index contributed by atoms with van der Waals surface area (Å²) in [6.45, 7) is 5.55. The van der Waals surface area contributed by atoms with E-state index < -0.39 is 5.41 Å². The zero-order valence-electron chi connectivity index (χ0n) is 11.1. The van der Waals surface area contributed by atoms with E-state index in [1.54, 1.807) is 20.8 Å². The molecule has 1 N–H and O–H groups in total. The standard InChI is InChI=1S/C13H15N3O3/c1-13(2,3)12(18)16-10-4-9(5-14)6-15-11(10)7-19-8-17/h4,6,8H,7H2,1-3H3,(H,16,18). The maximum Gasteiger partial charge on any atom is 0.293 e. The first-order valence-electron chi connectivity index (χ1n) is 5.64. The van der Waals surface area contributed by atoms with E-state index in [0.29, 0.717) is 23.4 Å². The highest BCUT2D eigenvalue weighted by molar-refractivity contribution is 5.95. The van der Waals surface area contributed by atoms with Crippen LogP contribution >= 0.6 is 0 Å². The molecule has 1 amide bonds. The lowest BCUT2D eigenvalue weighted by Crippen LogP contribution is -2.28. The van der Waals surface area contributed by atoms with Crippen LogP contribution in [0.3, 0.4) is 0 Å². The number of hydrogen-bond donors (Lipinski definition) is 1. The van der Waals surface area contributed by atoms with Crippen molar-refractivity contribution in [1.82, 2.24) is 4.98 Å². The largest absolute Gasteiger partial charge is 0.461 e. The van der Waals surface area contributed by atoms with E-state index in [0.717, 1.165) is 0 Å². The highest BCUT2D eigenvalue weighted by atomic mass is 16.5. The van der Waals surface area contributed by atoms with Crippen LogP contribution in [0.15, 0.2) is 12.3 Å². The Labute approximate surface area is 111 Å². The zero-order chi connectivity index (χ0) is 14.5. The molecule has 0 aromatic carbocycles. The Hall–Kier alpha value is -2.42. The van der Waals surface area contributed by atoms with Gasteiger partial charge in [0.25, 0.3) is 6.47 Å². The van der Waals surface area contributed by atoms with E-state index in [-0.39, 0.29) is 12.5 Å². The maximum atomic E-state index is 11.9. The van der Waals surface area contributed by atoms with Crippen molar-refractivity contribution in [3.8, 4) is 6.07 Å². The molecule has 0 unspecified atom stereocenters. The summed E-state index contributed by atoms with van der Waals surface area (Å²) in [6, 6.07) is 3.44. The fourth-order valence-corrected chi connectivity index (χ4v) is 1.20. The summed E-state index contributed by atoms with van der Waals surface area (Å²) < 4.78 is 4.62. The van der Waals surface area contributed by atoms with Gasteiger partial charge in [-0.05, 0) is 6.07 Å². The molecular formula is C13H15N3O3. The molecule has 0 radical (unpaired) electrons. The molecule has 0 aliphatic carbocycles. The second kappa shape index (κ2) is 5.96. The average molecular weight is 261 g/mol. The Kier molecular flexibility index (Phi) is 4.59. The van der Waals surface area contributed by atoms with Crippen LogP contribution < -0.4 is 5.32 Å². The third-order valence-electron chi connectivity index (χ3n) is 2.32. The second-order valence-electron chi connectivity index (χ2n) is 4.94. The molecule has 0 aliphatic heterocycles. The zero-order valence-corrected chi connectivity index (χ0v) is 11.1. The quantitative estimate of drug-likeness (QED) is 0.831. The lowest BCUT2D eigenvalue weighted by atomic mass is 9.95. The highest BCUT2D eigenvalue weighted by Crippen LogP contribution is 2.20. The molecule has 6 nitrogen and oxygen atoms in total. The number of carbonyl (C=O) groups is 2. The summed E-state index contributed by atoms with van der Waals surface area (Å²) in [5.74, 6) is -0.211. The monoisotopic (exact) mass is 261 g/mol. The number of aromatic nitrogens is 1. The number of anilines is 1. The molecule has 1 aromatic heterocycles. The Morgan fingerprint density at radius 2 is 2.26 bits per heavy atom. The second-order valence-corrected chi connectivity index (χ2v) is 4.94. The Morgan fingerprint density at radius 1 is 1.58 bits per heavy atom. The van der Waals surface area contributed by atoms with Crippen LogP contribution in [0.2, 0.25) is 0 Å². The maximum absolute atomic E-state index is 11.9. The van der Waals surface area contributed by atoms with Gasteiger partial charge in [0.05, 0.1) is 11.3 Å². The molecule has 0 fully saturated rings. The number of nitriles is 1. The van der Waals surface area contributed by atoms with Crippen LogP contribution in [0.4, 0.5) is 5.69 Å². The number of carbonyl (C=O) groups excluding carboxylic acids is 2. The Balaban J connectivity index is 3.04. The van der Waals surface area contributed by atoms with E-state index in [4.69, 9.17) is 5.26 Å². The van der Waals surface area contributed by atoms with Gasteiger partial charge in [-0.25, -0.2) is 0 Å². The molecule has 1 heterocycles. The SMILES string of the molecule is CC(C)(C)C(=O)Nc1cc(C#N)cnc1COC=O. The van der Waals surface area contributed by atoms with Crippen molar-refractivity contribution in [3.05, 3.63) is 23.5 Å². The molecule has 19 heavy (non-hydrogen) atoms. The predicted octanol–water partition coefficient (Wildman–Crippen LogP) is 1.61. The van der Waals surface area contributed by atoms with Crippen molar-refractivity contribution in [1.29, 1.82) is 5.26 Å². The summed E-state index contributed by atoms with van der Waals surface area (Å²) >= 11 is 0. The van der Waals surface area contributed by atoms with Crippen LogP contribution in [0.1, 0.15) is 32.0 Å². The van der Waals surface area contributed by atoms with Crippen LogP contribution in [0.5, 0.6) is 0 Å². The highest BCUT2D eigenvalue weighted by Gasteiger charge is 2.22. The molecule has 0 saturated carbocycles. The van der Waals surface area contributed by atoms with Gasteiger partial charge in [0, 0.05) is 11.6 Å². The fraction of sp³-hybridized carbons (Fsp3) is 0.385. The van der Waals surface area contributed by atoms with E-state index in [2.05, 4.69) is 15.0 Å². The number of hydrogen-bond acceptors (Lipinski definition) is 5. The first-order chi connectivity index (χ1) is 8.88. The van der Waals surface area contributed by atoms with Gasteiger partial charge >= 0.3 is 0 Å².